The second-order valence-corrected chi connectivity index (χ2v) is 8.41. The molecule has 0 saturated carbocycles. The van der Waals surface area contributed by atoms with Crippen molar-refractivity contribution < 1.29 is 19.4 Å². The molecule has 2 aromatic carbocycles. The minimum absolute atomic E-state index is 0.0945. The molecule has 3 heterocycles. The number of nitrogens with zero attached hydrogens (tertiary/aromatic N) is 3. The van der Waals surface area contributed by atoms with Crippen LogP contribution in [0.2, 0.25) is 0 Å². The molecule has 3 aromatic rings. The summed E-state index contributed by atoms with van der Waals surface area (Å²) >= 11 is 0. The fourth-order valence-electron chi connectivity index (χ4n) is 4.83. The van der Waals surface area contributed by atoms with Crippen molar-refractivity contribution in [1.82, 2.24) is 15.1 Å². The van der Waals surface area contributed by atoms with E-state index in [1.165, 1.54) is 4.68 Å². The minimum atomic E-state index is -1.03. The highest BCUT2D eigenvalue weighted by Gasteiger charge is 2.33. The van der Waals surface area contributed by atoms with Crippen LogP contribution in [0.25, 0.3) is 11.1 Å². The average Bonchev–Trinajstić information content (AvgIpc) is 3.58. The van der Waals surface area contributed by atoms with Crippen LogP contribution >= 0.6 is 0 Å². The van der Waals surface area contributed by atoms with E-state index in [9.17, 15) is 14.7 Å². The summed E-state index contributed by atoms with van der Waals surface area (Å²) in [6, 6.07) is 13.1. The summed E-state index contributed by atoms with van der Waals surface area (Å²) in [6.07, 6.45) is 4.16. The Morgan fingerprint density at radius 1 is 1.18 bits per heavy atom. The average molecular weight is 447 g/mol. The number of benzene rings is 2. The van der Waals surface area contributed by atoms with Gasteiger partial charge in [0.1, 0.15) is 5.75 Å². The van der Waals surface area contributed by atoms with Crippen LogP contribution in [0.5, 0.6) is 5.75 Å². The number of fused-ring (bicyclic) bond motifs is 1. The lowest BCUT2D eigenvalue weighted by molar-refractivity contribution is -0.120. The molecule has 8 heteroatoms. The molecule has 1 fully saturated rings. The Labute approximate surface area is 191 Å². The first-order chi connectivity index (χ1) is 16.1. The third-order valence-corrected chi connectivity index (χ3v) is 6.48. The third kappa shape index (κ3) is 3.87. The Hall–Kier alpha value is -3.65. The second kappa shape index (κ2) is 8.71. The van der Waals surface area contributed by atoms with Gasteiger partial charge in [0.2, 0.25) is 5.91 Å². The quantitative estimate of drug-likeness (QED) is 0.604. The van der Waals surface area contributed by atoms with E-state index >= 15 is 0 Å². The number of carbonyl (C=O) groups excluding carboxylic acids is 1. The van der Waals surface area contributed by atoms with Gasteiger partial charge in [0.15, 0.2) is 5.69 Å². The second-order valence-electron chi connectivity index (χ2n) is 8.41. The van der Waals surface area contributed by atoms with E-state index in [0.29, 0.717) is 25.1 Å². The van der Waals surface area contributed by atoms with Crippen molar-refractivity contribution in [3.05, 3.63) is 65.5 Å². The normalized spacial score (nSPS) is 17.2. The number of rotatable bonds is 6. The van der Waals surface area contributed by atoms with E-state index < -0.39 is 5.97 Å². The standard InChI is InChI=1S/C25H26N4O4/c1-33-17-9-7-16(8-10-17)15-29-23(25(31)32)20(14-27-29)18-4-2-6-22-19(18)11-13-28(22)24(30)21-5-3-12-26-21/h2,4,6-10,14,21,26H,3,5,11-13,15H2,1H3,(H,31,32)/t21-/m0/s1. The number of carboxylic acids is 1. The Balaban J connectivity index is 1.49. The zero-order chi connectivity index (χ0) is 22.9. The molecule has 0 unspecified atom stereocenters. The summed E-state index contributed by atoms with van der Waals surface area (Å²) in [4.78, 5) is 27.1. The SMILES string of the molecule is COc1ccc(Cn2ncc(-c3cccc4c3CCN4C(=O)[C@@H]3CCCN3)c2C(=O)O)cc1. The van der Waals surface area contributed by atoms with Gasteiger partial charge in [-0.3, -0.25) is 9.48 Å². The maximum atomic E-state index is 13.0. The molecular weight excluding hydrogens is 420 g/mol. The maximum absolute atomic E-state index is 13.0. The van der Waals surface area contributed by atoms with E-state index in [4.69, 9.17) is 4.74 Å². The molecule has 0 aliphatic carbocycles. The number of hydrogen-bond acceptors (Lipinski definition) is 5. The molecule has 33 heavy (non-hydrogen) atoms. The highest BCUT2D eigenvalue weighted by atomic mass is 16.5. The topological polar surface area (TPSA) is 96.7 Å². The van der Waals surface area contributed by atoms with Gasteiger partial charge in [-0.05, 0) is 60.7 Å². The predicted molar refractivity (Wildman–Crippen MR) is 124 cm³/mol. The maximum Gasteiger partial charge on any atom is 0.354 e. The van der Waals surface area contributed by atoms with Crippen LogP contribution in [0, 0.1) is 0 Å². The van der Waals surface area contributed by atoms with Crippen molar-refractivity contribution >= 4 is 17.6 Å². The number of aromatic nitrogens is 2. The van der Waals surface area contributed by atoms with Crippen LogP contribution < -0.4 is 15.0 Å². The summed E-state index contributed by atoms with van der Waals surface area (Å²) in [5.74, 6) is -0.197. The number of carboxylic acid groups (broad SMARTS) is 1. The first-order valence-corrected chi connectivity index (χ1v) is 11.2. The molecular formula is C25H26N4O4. The Kier molecular flexibility index (Phi) is 5.60. The molecule has 1 aromatic heterocycles. The Morgan fingerprint density at radius 2 is 2.00 bits per heavy atom. The molecule has 8 nitrogen and oxygen atoms in total. The van der Waals surface area contributed by atoms with Gasteiger partial charge in [-0.2, -0.15) is 5.10 Å². The monoisotopic (exact) mass is 446 g/mol. The number of anilines is 1. The molecule has 1 amide bonds. The van der Waals surface area contributed by atoms with E-state index in [2.05, 4.69) is 10.4 Å². The van der Waals surface area contributed by atoms with E-state index in [0.717, 1.165) is 47.5 Å². The van der Waals surface area contributed by atoms with Gasteiger partial charge >= 0.3 is 5.97 Å². The van der Waals surface area contributed by atoms with Crippen molar-refractivity contribution in [2.75, 3.05) is 25.1 Å². The number of nitrogens with one attached hydrogen (secondary N) is 1. The van der Waals surface area contributed by atoms with Crippen LogP contribution in [0.1, 0.15) is 34.5 Å². The Bertz CT molecular complexity index is 1200. The summed E-state index contributed by atoms with van der Waals surface area (Å²) in [7, 11) is 1.61. The van der Waals surface area contributed by atoms with Gasteiger partial charge < -0.3 is 20.1 Å². The van der Waals surface area contributed by atoms with Crippen molar-refractivity contribution in [1.29, 1.82) is 0 Å². The molecule has 170 valence electrons. The lowest BCUT2D eigenvalue weighted by Crippen LogP contribution is -2.42. The first-order valence-electron chi connectivity index (χ1n) is 11.2. The molecule has 2 aliphatic heterocycles. The van der Waals surface area contributed by atoms with E-state index in [-0.39, 0.29) is 17.6 Å². The third-order valence-electron chi connectivity index (χ3n) is 6.48. The number of amides is 1. The fraction of sp³-hybridized carbons (Fsp3) is 0.320. The van der Waals surface area contributed by atoms with Crippen LogP contribution in [0.3, 0.4) is 0 Å². The Morgan fingerprint density at radius 3 is 2.70 bits per heavy atom. The van der Waals surface area contributed by atoms with Crippen molar-refractivity contribution in [2.45, 2.75) is 31.8 Å². The van der Waals surface area contributed by atoms with Gasteiger partial charge in [-0.15, -0.1) is 0 Å². The zero-order valence-corrected chi connectivity index (χ0v) is 18.5. The predicted octanol–water partition coefficient (Wildman–Crippen LogP) is 2.95. The molecule has 2 N–H and O–H groups in total. The van der Waals surface area contributed by atoms with Gasteiger partial charge in [0.05, 0.1) is 25.9 Å². The van der Waals surface area contributed by atoms with Crippen molar-refractivity contribution in [3.63, 3.8) is 0 Å². The summed E-state index contributed by atoms with van der Waals surface area (Å²) in [5, 5.41) is 17.7. The number of hydrogen-bond donors (Lipinski definition) is 2. The van der Waals surface area contributed by atoms with Crippen LogP contribution in [-0.4, -0.2) is 53.0 Å². The largest absolute Gasteiger partial charge is 0.497 e. The minimum Gasteiger partial charge on any atom is -0.497 e. The lowest BCUT2D eigenvalue weighted by atomic mass is 9.98. The summed E-state index contributed by atoms with van der Waals surface area (Å²) in [6.45, 7) is 1.80. The number of methoxy groups -OCH3 is 1. The van der Waals surface area contributed by atoms with Crippen LogP contribution in [0.4, 0.5) is 5.69 Å². The van der Waals surface area contributed by atoms with Crippen molar-refractivity contribution in [3.8, 4) is 16.9 Å². The molecule has 5 rings (SSSR count). The molecule has 1 atom stereocenters. The van der Waals surface area contributed by atoms with Crippen LogP contribution in [-0.2, 0) is 17.8 Å². The number of carbonyl (C=O) groups is 2. The molecule has 2 aliphatic rings. The van der Waals surface area contributed by atoms with E-state index in [1.807, 2.05) is 47.4 Å². The molecule has 0 radical (unpaired) electrons. The zero-order valence-electron chi connectivity index (χ0n) is 18.5. The van der Waals surface area contributed by atoms with Gasteiger partial charge in [-0.25, -0.2) is 4.79 Å². The van der Waals surface area contributed by atoms with Crippen LogP contribution in [0.15, 0.2) is 48.7 Å². The molecule has 0 spiro atoms. The smallest absolute Gasteiger partial charge is 0.354 e. The molecule has 0 bridgehead atoms. The number of ether oxygens (including phenoxy) is 1. The summed E-state index contributed by atoms with van der Waals surface area (Å²) < 4.78 is 6.71. The summed E-state index contributed by atoms with van der Waals surface area (Å²) in [5.41, 5.74) is 4.32. The highest BCUT2D eigenvalue weighted by molar-refractivity contribution is 6.01. The highest BCUT2D eigenvalue weighted by Crippen LogP contribution is 2.38. The van der Waals surface area contributed by atoms with Gasteiger partial charge in [0, 0.05) is 17.8 Å². The molecule has 1 saturated heterocycles. The van der Waals surface area contributed by atoms with Gasteiger partial charge in [-0.1, -0.05) is 24.3 Å². The first kappa shape index (κ1) is 21.2. The van der Waals surface area contributed by atoms with Crippen molar-refractivity contribution in [2.24, 2.45) is 0 Å². The lowest BCUT2D eigenvalue weighted by Gasteiger charge is -2.21. The number of aromatic carboxylic acids is 1. The van der Waals surface area contributed by atoms with E-state index in [1.54, 1.807) is 13.3 Å². The van der Waals surface area contributed by atoms with Gasteiger partial charge in [0.25, 0.3) is 0 Å². The fourth-order valence-corrected chi connectivity index (χ4v) is 4.83.